The van der Waals surface area contributed by atoms with Gasteiger partial charge in [-0.15, -0.1) is 0 Å². The molecule has 0 bridgehead atoms. The summed E-state index contributed by atoms with van der Waals surface area (Å²) in [5, 5.41) is 0. The predicted molar refractivity (Wildman–Crippen MR) is 94.5 cm³/mol. The molecule has 0 aliphatic heterocycles. The van der Waals surface area contributed by atoms with Crippen molar-refractivity contribution < 1.29 is 4.74 Å². The van der Waals surface area contributed by atoms with Crippen molar-refractivity contribution in [1.29, 1.82) is 0 Å². The summed E-state index contributed by atoms with van der Waals surface area (Å²) in [6, 6.07) is 8.09. The highest BCUT2D eigenvalue weighted by Gasteiger charge is 2.21. The first-order chi connectivity index (χ1) is 10.8. The van der Waals surface area contributed by atoms with Crippen LogP contribution in [-0.4, -0.2) is 22.1 Å². The molecule has 2 aromatic rings. The topological polar surface area (TPSA) is 61.0 Å². The smallest absolute Gasteiger partial charge is 0.122 e. The molecule has 23 heavy (non-hydrogen) atoms. The van der Waals surface area contributed by atoms with Crippen LogP contribution in [0.3, 0.4) is 0 Å². The number of ether oxygens (including phenoxy) is 1. The van der Waals surface area contributed by atoms with Crippen LogP contribution in [-0.2, 0) is 0 Å². The lowest BCUT2D eigenvalue weighted by molar-refractivity contribution is 0.206. The normalized spacial score (nSPS) is 13.9. The van der Waals surface area contributed by atoms with Gasteiger partial charge in [-0.2, -0.15) is 0 Å². The van der Waals surface area contributed by atoms with Crippen molar-refractivity contribution in [3.05, 3.63) is 41.9 Å². The third-order valence-electron chi connectivity index (χ3n) is 3.71. The first kappa shape index (κ1) is 17.4. The zero-order valence-electron chi connectivity index (χ0n) is 14.8. The second-order valence-corrected chi connectivity index (χ2v) is 7.07. The zero-order chi connectivity index (χ0) is 17.0. The summed E-state index contributed by atoms with van der Waals surface area (Å²) in [7, 11) is 0. The largest absolute Gasteiger partial charge is 0.491 e. The van der Waals surface area contributed by atoms with Gasteiger partial charge >= 0.3 is 0 Å². The summed E-state index contributed by atoms with van der Waals surface area (Å²) >= 11 is 0. The minimum Gasteiger partial charge on any atom is -0.491 e. The molecular weight excluding hydrogens is 286 g/mol. The Kier molecular flexibility index (Phi) is 5.37. The molecule has 2 rings (SSSR count). The van der Waals surface area contributed by atoms with Crippen LogP contribution >= 0.6 is 0 Å². The minimum atomic E-state index is -0.316. The zero-order valence-corrected chi connectivity index (χ0v) is 14.8. The summed E-state index contributed by atoms with van der Waals surface area (Å²) in [6.07, 6.45) is 2.53. The van der Waals surface area contributed by atoms with E-state index in [4.69, 9.17) is 10.5 Å². The number of aromatic nitrogens is 2. The van der Waals surface area contributed by atoms with Crippen LogP contribution in [0.15, 0.2) is 30.6 Å². The number of nitrogens with two attached hydrogens (primary N) is 1. The maximum atomic E-state index is 6.31. The van der Waals surface area contributed by atoms with Crippen LogP contribution in [0.25, 0.3) is 11.3 Å². The Labute approximate surface area is 139 Å². The van der Waals surface area contributed by atoms with Gasteiger partial charge in [0.15, 0.2) is 0 Å². The highest BCUT2D eigenvalue weighted by Crippen LogP contribution is 2.26. The molecule has 0 radical (unpaired) electrons. The van der Waals surface area contributed by atoms with E-state index in [9.17, 15) is 0 Å². The summed E-state index contributed by atoms with van der Waals surface area (Å²) in [4.78, 5) is 8.46. The van der Waals surface area contributed by atoms with Gasteiger partial charge < -0.3 is 10.5 Å². The first-order valence-electron chi connectivity index (χ1n) is 8.08. The van der Waals surface area contributed by atoms with Crippen LogP contribution in [0.1, 0.15) is 38.4 Å². The number of rotatable bonds is 6. The summed E-state index contributed by atoms with van der Waals surface area (Å²) in [5.41, 5.74) is 10.0. The molecule has 1 atom stereocenters. The monoisotopic (exact) mass is 313 g/mol. The van der Waals surface area contributed by atoms with Crippen LogP contribution in [0.5, 0.6) is 5.75 Å². The van der Waals surface area contributed by atoms with E-state index in [0.29, 0.717) is 12.5 Å². The SMILES string of the molecule is Cc1cc(-c2ccc(OCC(C)(N)CC(C)C)c(C)c2)ncn1. The Hall–Kier alpha value is -1.94. The van der Waals surface area contributed by atoms with Crippen LogP contribution in [0, 0.1) is 19.8 Å². The van der Waals surface area contributed by atoms with Gasteiger partial charge in [-0.3, -0.25) is 0 Å². The Balaban J connectivity index is 2.11. The number of hydrogen-bond donors (Lipinski definition) is 1. The van der Waals surface area contributed by atoms with Gasteiger partial charge in [0.05, 0.1) is 5.69 Å². The molecule has 0 amide bonds. The summed E-state index contributed by atoms with van der Waals surface area (Å²) in [5.74, 6) is 1.43. The van der Waals surface area contributed by atoms with E-state index >= 15 is 0 Å². The van der Waals surface area contributed by atoms with Gasteiger partial charge in [-0.25, -0.2) is 9.97 Å². The van der Waals surface area contributed by atoms with E-state index in [-0.39, 0.29) is 5.54 Å². The molecule has 4 heteroatoms. The minimum absolute atomic E-state index is 0.316. The molecule has 0 fully saturated rings. The number of aryl methyl sites for hydroxylation is 2. The highest BCUT2D eigenvalue weighted by molar-refractivity contribution is 5.61. The van der Waals surface area contributed by atoms with Crippen molar-refractivity contribution >= 4 is 0 Å². The molecule has 0 aliphatic carbocycles. The molecular formula is C19H27N3O. The fourth-order valence-electron chi connectivity index (χ4n) is 2.82. The van der Waals surface area contributed by atoms with Crippen LogP contribution < -0.4 is 10.5 Å². The van der Waals surface area contributed by atoms with E-state index in [0.717, 1.165) is 34.7 Å². The maximum Gasteiger partial charge on any atom is 0.122 e. The summed E-state index contributed by atoms with van der Waals surface area (Å²) < 4.78 is 5.96. The molecule has 0 spiro atoms. The van der Waals surface area contributed by atoms with Gasteiger partial charge in [-0.1, -0.05) is 13.8 Å². The Bertz CT molecular complexity index is 665. The quantitative estimate of drug-likeness (QED) is 0.878. The van der Waals surface area contributed by atoms with Crippen molar-refractivity contribution in [1.82, 2.24) is 9.97 Å². The van der Waals surface area contributed by atoms with E-state index in [1.54, 1.807) is 6.33 Å². The lowest BCUT2D eigenvalue weighted by Gasteiger charge is -2.27. The van der Waals surface area contributed by atoms with E-state index in [1.807, 2.05) is 39.0 Å². The predicted octanol–water partition coefficient (Wildman–Crippen LogP) is 3.90. The lowest BCUT2D eigenvalue weighted by Crippen LogP contribution is -2.43. The molecule has 0 saturated heterocycles. The standard InChI is InChI=1S/C19H27N3O/c1-13(2)10-19(5,20)11-23-18-7-6-16(8-14(18)3)17-9-15(4)21-12-22-17/h6-9,12-13H,10-11,20H2,1-5H3. The fourth-order valence-corrected chi connectivity index (χ4v) is 2.82. The molecule has 1 aromatic heterocycles. The van der Waals surface area contributed by atoms with Crippen LogP contribution in [0.4, 0.5) is 0 Å². The van der Waals surface area contributed by atoms with Gasteiger partial charge in [-0.05, 0) is 62.9 Å². The average molecular weight is 313 g/mol. The third kappa shape index (κ3) is 5.03. The van der Waals surface area contributed by atoms with Crippen molar-refractivity contribution in [3.8, 4) is 17.0 Å². The maximum absolute atomic E-state index is 6.31. The average Bonchev–Trinajstić information content (AvgIpc) is 2.44. The van der Waals surface area contributed by atoms with Gasteiger partial charge in [0.25, 0.3) is 0 Å². The second-order valence-electron chi connectivity index (χ2n) is 7.07. The molecule has 1 unspecified atom stereocenters. The van der Waals surface area contributed by atoms with Gasteiger partial charge in [0, 0.05) is 16.8 Å². The lowest BCUT2D eigenvalue weighted by atomic mass is 9.93. The molecule has 0 aliphatic rings. The van der Waals surface area contributed by atoms with Crippen LogP contribution in [0.2, 0.25) is 0 Å². The van der Waals surface area contributed by atoms with Gasteiger partial charge in [0.1, 0.15) is 18.7 Å². The Morgan fingerprint density at radius 1 is 1.17 bits per heavy atom. The molecule has 1 heterocycles. The number of hydrogen-bond acceptors (Lipinski definition) is 4. The Morgan fingerprint density at radius 3 is 2.52 bits per heavy atom. The number of nitrogens with zero attached hydrogens (tertiary/aromatic N) is 2. The van der Waals surface area contributed by atoms with Gasteiger partial charge in [0.2, 0.25) is 0 Å². The van der Waals surface area contributed by atoms with Crippen molar-refractivity contribution in [3.63, 3.8) is 0 Å². The third-order valence-corrected chi connectivity index (χ3v) is 3.71. The molecule has 4 nitrogen and oxygen atoms in total. The van der Waals surface area contributed by atoms with Crippen molar-refractivity contribution in [2.45, 2.75) is 46.6 Å². The first-order valence-corrected chi connectivity index (χ1v) is 8.08. The van der Waals surface area contributed by atoms with Crippen molar-refractivity contribution in [2.24, 2.45) is 11.7 Å². The highest BCUT2D eigenvalue weighted by atomic mass is 16.5. The fraction of sp³-hybridized carbons (Fsp3) is 0.474. The second kappa shape index (κ2) is 7.09. The summed E-state index contributed by atoms with van der Waals surface area (Å²) in [6.45, 7) is 10.9. The van der Waals surface area contributed by atoms with E-state index in [2.05, 4.69) is 29.9 Å². The molecule has 124 valence electrons. The molecule has 2 N–H and O–H groups in total. The Morgan fingerprint density at radius 2 is 1.91 bits per heavy atom. The molecule has 0 saturated carbocycles. The van der Waals surface area contributed by atoms with E-state index < -0.39 is 0 Å². The number of benzene rings is 1. The van der Waals surface area contributed by atoms with E-state index in [1.165, 1.54) is 0 Å². The van der Waals surface area contributed by atoms with Crippen molar-refractivity contribution in [2.75, 3.05) is 6.61 Å². The molecule has 1 aromatic carbocycles.